The first kappa shape index (κ1) is 14.1. The number of carbonyl (C=O) groups excluding carboxylic acids is 1. The molecule has 4 heteroatoms. The zero-order chi connectivity index (χ0) is 12.3. The highest BCUT2D eigenvalue weighted by molar-refractivity contribution is 7.99. The molecule has 3 nitrogen and oxygen atoms in total. The van der Waals surface area contributed by atoms with Crippen LogP contribution in [0.3, 0.4) is 0 Å². The summed E-state index contributed by atoms with van der Waals surface area (Å²) in [6.45, 7) is 0.881. The van der Waals surface area contributed by atoms with Gasteiger partial charge in [0.2, 0.25) is 5.91 Å². The van der Waals surface area contributed by atoms with Crippen molar-refractivity contribution in [1.82, 2.24) is 5.32 Å². The number of hydrogen-bond acceptors (Lipinski definition) is 3. The van der Waals surface area contributed by atoms with Crippen LogP contribution in [0.15, 0.2) is 30.3 Å². The molecule has 0 aliphatic rings. The van der Waals surface area contributed by atoms with E-state index in [2.05, 4.69) is 17.4 Å². The highest BCUT2D eigenvalue weighted by Gasteiger charge is 2.00. The van der Waals surface area contributed by atoms with Crippen molar-refractivity contribution in [2.75, 3.05) is 24.7 Å². The van der Waals surface area contributed by atoms with Gasteiger partial charge in [-0.15, -0.1) is 0 Å². The third-order valence-electron chi connectivity index (χ3n) is 2.26. The number of carbonyl (C=O) groups is 1. The van der Waals surface area contributed by atoms with E-state index in [1.165, 1.54) is 5.56 Å². The summed E-state index contributed by atoms with van der Waals surface area (Å²) in [5.74, 6) is 1.39. The van der Waals surface area contributed by atoms with Crippen LogP contribution < -0.4 is 5.32 Å². The Morgan fingerprint density at radius 3 is 2.76 bits per heavy atom. The van der Waals surface area contributed by atoms with Crippen LogP contribution in [-0.2, 0) is 11.2 Å². The van der Waals surface area contributed by atoms with E-state index in [4.69, 9.17) is 5.11 Å². The molecule has 2 N–H and O–H groups in total. The molecule has 0 aromatic heterocycles. The van der Waals surface area contributed by atoms with Crippen molar-refractivity contribution in [3.8, 4) is 0 Å². The molecule has 1 amide bonds. The summed E-state index contributed by atoms with van der Waals surface area (Å²) in [5, 5.41) is 11.5. The summed E-state index contributed by atoms with van der Waals surface area (Å²) in [7, 11) is 0. The molecule has 0 heterocycles. The molecule has 94 valence electrons. The molecule has 17 heavy (non-hydrogen) atoms. The molecule has 0 atom stereocenters. The fourth-order valence-electron chi connectivity index (χ4n) is 1.37. The largest absolute Gasteiger partial charge is 0.396 e. The number of thioether (sulfide) groups is 1. The molecule has 0 bridgehead atoms. The zero-order valence-electron chi connectivity index (χ0n) is 9.89. The van der Waals surface area contributed by atoms with Crippen LogP contribution in [0.5, 0.6) is 0 Å². The van der Waals surface area contributed by atoms with Crippen molar-refractivity contribution in [3.63, 3.8) is 0 Å². The van der Waals surface area contributed by atoms with Gasteiger partial charge in [0.25, 0.3) is 0 Å². The molecule has 0 spiro atoms. The third-order valence-corrected chi connectivity index (χ3v) is 3.30. The Bertz CT molecular complexity index is 316. The number of nitrogens with one attached hydrogen (secondary N) is 1. The second-order valence-electron chi connectivity index (χ2n) is 3.72. The first-order chi connectivity index (χ1) is 8.33. The second kappa shape index (κ2) is 9.07. The molecule has 0 fully saturated rings. The van der Waals surface area contributed by atoms with Gasteiger partial charge in [0.15, 0.2) is 0 Å². The molecule has 1 aromatic rings. The van der Waals surface area contributed by atoms with Gasteiger partial charge in [0.05, 0.1) is 5.75 Å². The van der Waals surface area contributed by atoms with Crippen LogP contribution >= 0.6 is 11.8 Å². The fraction of sp³-hybridized carbons (Fsp3) is 0.462. The van der Waals surface area contributed by atoms with E-state index in [0.717, 1.165) is 18.6 Å². The van der Waals surface area contributed by atoms with Gasteiger partial charge in [-0.25, -0.2) is 0 Å². The Labute approximate surface area is 107 Å². The van der Waals surface area contributed by atoms with Crippen LogP contribution in [0.4, 0.5) is 0 Å². The van der Waals surface area contributed by atoms with Crippen molar-refractivity contribution in [2.24, 2.45) is 0 Å². The van der Waals surface area contributed by atoms with E-state index >= 15 is 0 Å². The van der Waals surface area contributed by atoms with Crippen LogP contribution in [0, 0.1) is 0 Å². The molecule has 0 saturated heterocycles. The highest BCUT2D eigenvalue weighted by Crippen LogP contribution is 2.01. The molecule has 1 aromatic carbocycles. The van der Waals surface area contributed by atoms with Crippen molar-refractivity contribution in [1.29, 1.82) is 0 Å². The average molecular weight is 253 g/mol. The maximum atomic E-state index is 11.4. The number of rotatable bonds is 8. The Morgan fingerprint density at radius 2 is 2.06 bits per heavy atom. The molecule has 0 saturated carbocycles. The molecule has 0 aliphatic carbocycles. The van der Waals surface area contributed by atoms with Gasteiger partial charge < -0.3 is 10.4 Å². The lowest BCUT2D eigenvalue weighted by Gasteiger charge is -2.05. The van der Waals surface area contributed by atoms with Crippen LogP contribution in [0.2, 0.25) is 0 Å². The molecule has 1 rings (SSSR count). The SMILES string of the molecule is O=C(CSCCCO)NCCc1ccccc1. The second-order valence-corrected chi connectivity index (χ2v) is 4.82. The molecular formula is C13H19NO2S. The lowest BCUT2D eigenvalue weighted by Crippen LogP contribution is -2.27. The van der Waals surface area contributed by atoms with E-state index in [1.54, 1.807) is 11.8 Å². The minimum absolute atomic E-state index is 0.0730. The van der Waals surface area contributed by atoms with Crippen LogP contribution in [-0.4, -0.2) is 35.7 Å². The number of aliphatic hydroxyl groups excluding tert-OH is 1. The maximum Gasteiger partial charge on any atom is 0.230 e. The summed E-state index contributed by atoms with van der Waals surface area (Å²) in [5.41, 5.74) is 1.24. The minimum atomic E-state index is 0.0730. The molecule has 0 radical (unpaired) electrons. The van der Waals surface area contributed by atoms with E-state index in [-0.39, 0.29) is 12.5 Å². The summed E-state index contributed by atoms with van der Waals surface area (Å²) in [4.78, 5) is 11.4. The molecule has 0 aliphatic heterocycles. The van der Waals surface area contributed by atoms with E-state index in [9.17, 15) is 4.79 Å². The normalized spacial score (nSPS) is 10.2. The number of hydrogen-bond donors (Lipinski definition) is 2. The van der Waals surface area contributed by atoms with E-state index < -0.39 is 0 Å². The Balaban J connectivity index is 2.04. The predicted octanol–water partition coefficient (Wildman–Crippen LogP) is 1.46. The molecular weight excluding hydrogens is 234 g/mol. The Kier molecular flexibility index (Phi) is 7.51. The van der Waals surface area contributed by atoms with E-state index in [1.807, 2.05) is 18.2 Å². The van der Waals surface area contributed by atoms with Gasteiger partial charge in [0, 0.05) is 13.2 Å². The van der Waals surface area contributed by atoms with Gasteiger partial charge in [-0.3, -0.25) is 4.79 Å². The lowest BCUT2D eigenvalue weighted by molar-refractivity contribution is -0.118. The number of benzene rings is 1. The first-order valence-electron chi connectivity index (χ1n) is 5.82. The smallest absolute Gasteiger partial charge is 0.230 e. The summed E-state index contributed by atoms with van der Waals surface area (Å²) < 4.78 is 0. The summed E-state index contributed by atoms with van der Waals surface area (Å²) >= 11 is 1.56. The topological polar surface area (TPSA) is 49.3 Å². The molecule has 0 unspecified atom stereocenters. The predicted molar refractivity (Wildman–Crippen MR) is 72.2 cm³/mol. The lowest BCUT2D eigenvalue weighted by atomic mass is 10.1. The fourth-order valence-corrected chi connectivity index (χ4v) is 2.14. The van der Waals surface area contributed by atoms with Gasteiger partial charge >= 0.3 is 0 Å². The monoisotopic (exact) mass is 253 g/mol. The van der Waals surface area contributed by atoms with Crippen LogP contribution in [0.1, 0.15) is 12.0 Å². The number of aliphatic hydroxyl groups is 1. The van der Waals surface area contributed by atoms with Gasteiger partial charge in [-0.1, -0.05) is 30.3 Å². The number of amides is 1. The van der Waals surface area contributed by atoms with Crippen molar-refractivity contribution < 1.29 is 9.90 Å². The van der Waals surface area contributed by atoms with Crippen molar-refractivity contribution in [2.45, 2.75) is 12.8 Å². The van der Waals surface area contributed by atoms with Crippen molar-refractivity contribution in [3.05, 3.63) is 35.9 Å². The van der Waals surface area contributed by atoms with E-state index in [0.29, 0.717) is 12.3 Å². The highest BCUT2D eigenvalue weighted by atomic mass is 32.2. The van der Waals surface area contributed by atoms with Gasteiger partial charge in [-0.05, 0) is 24.2 Å². The van der Waals surface area contributed by atoms with Crippen molar-refractivity contribution >= 4 is 17.7 Å². The maximum absolute atomic E-state index is 11.4. The van der Waals surface area contributed by atoms with Gasteiger partial charge in [-0.2, -0.15) is 11.8 Å². The zero-order valence-corrected chi connectivity index (χ0v) is 10.7. The third kappa shape index (κ3) is 7.02. The Hall–Kier alpha value is -1.00. The average Bonchev–Trinajstić information content (AvgIpc) is 2.36. The minimum Gasteiger partial charge on any atom is -0.396 e. The van der Waals surface area contributed by atoms with Crippen LogP contribution in [0.25, 0.3) is 0 Å². The summed E-state index contributed by atoms with van der Waals surface area (Å²) in [6, 6.07) is 10.1. The first-order valence-corrected chi connectivity index (χ1v) is 6.97. The standard InChI is InChI=1S/C13H19NO2S/c15-9-4-10-17-11-13(16)14-8-7-12-5-2-1-3-6-12/h1-3,5-6,15H,4,7-11H2,(H,14,16). The quantitative estimate of drug-likeness (QED) is 0.690. The van der Waals surface area contributed by atoms with Gasteiger partial charge in [0.1, 0.15) is 0 Å². The Morgan fingerprint density at radius 1 is 1.29 bits per heavy atom. The summed E-state index contributed by atoms with van der Waals surface area (Å²) in [6.07, 6.45) is 1.62.